The van der Waals surface area contributed by atoms with Gasteiger partial charge in [-0.25, -0.2) is 0 Å². The predicted molar refractivity (Wildman–Crippen MR) is 83.2 cm³/mol. The third-order valence-corrected chi connectivity index (χ3v) is 4.53. The number of hydrogen-bond donors (Lipinski definition) is 1. The highest BCUT2D eigenvalue weighted by Crippen LogP contribution is 2.44. The summed E-state index contributed by atoms with van der Waals surface area (Å²) in [5, 5.41) is 0.376. The maximum absolute atomic E-state index is 12.7. The average molecular weight is 357 g/mol. The van der Waals surface area contributed by atoms with Crippen LogP contribution in [0.2, 0.25) is 0 Å². The van der Waals surface area contributed by atoms with Gasteiger partial charge in [0.2, 0.25) is 0 Å². The zero-order valence-electron chi connectivity index (χ0n) is 13.8. The van der Waals surface area contributed by atoms with Gasteiger partial charge in [0.05, 0.1) is 25.8 Å². The molecule has 0 spiro atoms. The van der Waals surface area contributed by atoms with Gasteiger partial charge in [-0.05, 0) is 30.5 Å². The number of methoxy groups -OCH3 is 1. The number of halogens is 3. The molecule has 2 heterocycles. The lowest BCUT2D eigenvalue weighted by Crippen LogP contribution is -2.37. The SMILES string of the molecule is CCC1(CC(=O)OC)OCCc2c1[nH]c1cccc(OC(F)(F)F)c21. The molecule has 136 valence electrons. The maximum atomic E-state index is 12.7. The zero-order valence-corrected chi connectivity index (χ0v) is 13.8. The van der Waals surface area contributed by atoms with Crippen molar-refractivity contribution < 1.29 is 32.2 Å². The Bertz CT molecular complexity index is 799. The first-order valence-electron chi connectivity index (χ1n) is 7.90. The standard InChI is InChI=1S/C17H18F3NO4/c1-3-16(9-13(22)23-2)15-10(7-8-24-16)14-11(21-15)5-4-6-12(14)25-17(18,19)20/h4-6,21H,3,7-9H2,1-2H3. The van der Waals surface area contributed by atoms with Gasteiger partial charge >= 0.3 is 12.3 Å². The van der Waals surface area contributed by atoms with E-state index < -0.39 is 17.9 Å². The minimum atomic E-state index is -4.78. The summed E-state index contributed by atoms with van der Waals surface area (Å²) in [6.45, 7) is 2.15. The minimum Gasteiger partial charge on any atom is -0.469 e. The number of rotatable bonds is 4. The van der Waals surface area contributed by atoms with Gasteiger partial charge in [-0.1, -0.05) is 13.0 Å². The molecule has 0 radical (unpaired) electrons. The van der Waals surface area contributed by atoms with Crippen LogP contribution >= 0.6 is 0 Å². The summed E-state index contributed by atoms with van der Waals surface area (Å²) >= 11 is 0. The Morgan fingerprint density at radius 1 is 1.40 bits per heavy atom. The van der Waals surface area contributed by atoms with Crippen LogP contribution in [0.25, 0.3) is 10.9 Å². The Labute approximate surface area is 142 Å². The number of H-pyrrole nitrogens is 1. The molecule has 1 aliphatic rings. The molecule has 1 aromatic carbocycles. The monoisotopic (exact) mass is 357 g/mol. The van der Waals surface area contributed by atoms with E-state index in [0.717, 1.165) is 0 Å². The van der Waals surface area contributed by atoms with Crippen LogP contribution in [0.5, 0.6) is 5.75 Å². The van der Waals surface area contributed by atoms with Crippen molar-refractivity contribution in [3.8, 4) is 5.75 Å². The quantitative estimate of drug-likeness (QED) is 0.846. The number of hydrogen-bond acceptors (Lipinski definition) is 4. The number of benzene rings is 1. The third-order valence-electron chi connectivity index (χ3n) is 4.53. The van der Waals surface area contributed by atoms with E-state index in [4.69, 9.17) is 9.47 Å². The van der Waals surface area contributed by atoms with Gasteiger partial charge in [0.1, 0.15) is 11.4 Å². The molecular weight excluding hydrogens is 339 g/mol. The number of alkyl halides is 3. The van der Waals surface area contributed by atoms with Crippen LogP contribution in [0.3, 0.4) is 0 Å². The number of aromatic amines is 1. The fourth-order valence-electron chi connectivity index (χ4n) is 3.40. The number of aromatic nitrogens is 1. The zero-order chi connectivity index (χ0) is 18.2. The largest absolute Gasteiger partial charge is 0.573 e. The summed E-state index contributed by atoms with van der Waals surface area (Å²) in [6.07, 6.45) is -3.90. The molecular formula is C17H18F3NO4. The van der Waals surface area contributed by atoms with Crippen molar-refractivity contribution in [2.45, 2.75) is 38.1 Å². The number of ether oxygens (including phenoxy) is 3. The molecule has 8 heteroatoms. The van der Waals surface area contributed by atoms with Gasteiger partial charge in [-0.3, -0.25) is 4.79 Å². The first-order chi connectivity index (χ1) is 11.8. The van der Waals surface area contributed by atoms with Crippen molar-refractivity contribution in [2.24, 2.45) is 0 Å². The van der Waals surface area contributed by atoms with Crippen molar-refractivity contribution in [1.29, 1.82) is 0 Å². The first kappa shape index (κ1) is 17.6. The minimum absolute atomic E-state index is 0.0186. The van der Waals surface area contributed by atoms with Crippen LogP contribution in [0.4, 0.5) is 13.2 Å². The number of fused-ring (bicyclic) bond motifs is 3. The molecule has 3 rings (SSSR count). The Kier molecular flexibility index (Phi) is 4.40. The first-order valence-corrected chi connectivity index (χ1v) is 7.90. The molecule has 0 bridgehead atoms. The number of carbonyl (C=O) groups is 1. The van der Waals surface area contributed by atoms with Gasteiger partial charge in [-0.15, -0.1) is 13.2 Å². The molecule has 1 aromatic heterocycles. The highest BCUT2D eigenvalue weighted by atomic mass is 19.4. The molecule has 0 saturated heterocycles. The normalized spacial score (nSPS) is 20.4. The van der Waals surface area contributed by atoms with Crippen LogP contribution in [-0.2, 0) is 26.3 Å². The lowest BCUT2D eigenvalue weighted by atomic mass is 9.86. The lowest BCUT2D eigenvalue weighted by molar-refractivity contribution is -0.274. The highest BCUT2D eigenvalue weighted by Gasteiger charge is 2.42. The van der Waals surface area contributed by atoms with E-state index >= 15 is 0 Å². The highest BCUT2D eigenvalue weighted by molar-refractivity contribution is 5.91. The molecule has 1 atom stereocenters. The van der Waals surface area contributed by atoms with Crippen molar-refractivity contribution in [1.82, 2.24) is 4.98 Å². The van der Waals surface area contributed by atoms with Crippen LogP contribution in [0, 0.1) is 0 Å². The van der Waals surface area contributed by atoms with Crippen molar-refractivity contribution >= 4 is 16.9 Å². The Balaban J connectivity index is 2.16. The summed E-state index contributed by atoms with van der Waals surface area (Å²) < 4.78 is 53.0. The molecule has 2 aromatic rings. The van der Waals surface area contributed by atoms with Gasteiger partial charge in [0.15, 0.2) is 0 Å². The molecule has 0 aliphatic carbocycles. The summed E-state index contributed by atoms with van der Waals surface area (Å²) in [7, 11) is 1.29. The molecule has 0 fully saturated rings. The van der Waals surface area contributed by atoms with E-state index in [9.17, 15) is 18.0 Å². The van der Waals surface area contributed by atoms with Crippen LogP contribution in [-0.4, -0.2) is 31.0 Å². The second kappa shape index (κ2) is 6.25. The van der Waals surface area contributed by atoms with Gasteiger partial charge in [0, 0.05) is 10.9 Å². The summed E-state index contributed by atoms with van der Waals surface area (Å²) in [4.78, 5) is 15.0. The number of nitrogens with one attached hydrogen (secondary N) is 1. The van der Waals surface area contributed by atoms with E-state index in [-0.39, 0.29) is 12.2 Å². The van der Waals surface area contributed by atoms with Gasteiger partial charge in [-0.2, -0.15) is 0 Å². The van der Waals surface area contributed by atoms with Gasteiger partial charge in [0.25, 0.3) is 0 Å². The van der Waals surface area contributed by atoms with E-state index in [1.807, 2.05) is 6.92 Å². The molecule has 5 nitrogen and oxygen atoms in total. The summed E-state index contributed by atoms with van der Waals surface area (Å²) in [5.41, 5.74) is 0.863. The van der Waals surface area contributed by atoms with E-state index in [0.29, 0.717) is 41.6 Å². The Morgan fingerprint density at radius 2 is 2.16 bits per heavy atom. The van der Waals surface area contributed by atoms with Crippen molar-refractivity contribution in [2.75, 3.05) is 13.7 Å². The van der Waals surface area contributed by atoms with Crippen molar-refractivity contribution in [3.63, 3.8) is 0 Å². The average Bonchev–Trinajstić information content (AvgIpc) is 2.94. The lowest BCUT2D eigenvalue weighted by Gasteiger charge is -2.36. The topological polar surface area (TPSA) is 60.5 Å². The van der Waals surface area contributed by atoms with E-state index in [2.05, 4.69) is 9.72 Å². The second-order valence-electron chi connectivity index (χ2n) is 5.90. The maximum Gasteiger partial charge on any atom is 0.573 e. The van der Waals surface area contributed by atoms with E-state index in [1.165, 1.54) is 19.2 Å². The molecule has 25 heavy (non-hydrogen) atoms. The molecule has 1 aliphatic heterocycles. The molecule has 1 unspecified atom stereocenters. The molecule has 1 N–H and O–H groups in total. The van der Waals surface area contributed by atoms with E-state index in [1.54, 1.807) is 6.07 Å². The van der Waals surface area contributed by atoms with Crippen LogP contribution in [0.15, 0.2) is 18.2 Å². The van der Waals surface area contributed by atoms with Crippen LogP contribution in [0.1, 0.15) is 31.0 Å². The van der Waals surface area contributed by atoms with Crippen molar-refractivity contribution in [3.05, 3.63) is 29.5 Å². The fraction of sp³-hybridized carbons (Fsp3) is 0.471. The Hall–Kier alpha value is -2.22. The van der Waals surface area contributed by atoms with Gasteiger partial charge < -0.3 is 19.2 Å². The fourth-order valence-corrected chi connectivity index (χ4v) is 3.40. The predicted octanol–water partition coefficient (Wildman–Crippen LogP) is 3.81. The number of esters is 1. The van der Waals surface area contributed by atoms with Crippen LogP contribution < -0.4 is 4.74 Å². The Morgan fingerprint density at radius 3 is 2.80 bits per heavy atom. The third kappa shape index (κ3) is 3.18. The molecule has 0 saturated carbocycles. The second-order valence-corrected chi connectivity index (χ2v) is 5.90. The number of carbonyl (C=O) groups excluding carboxylic acids is 1. The summed E-state index contributed by atoms with van der Waals surface area (Å²) in [6, 6.07) is 4.45. The smallest absolute Gasteiger partial charge is 0.469 e. The molecule has 0 amide bonds. The summed E-state index contributed by atoms with van der Waals surface area (Å²) in [5.74, 6) is -0.701.